The Bertz CT molecular complexity index is 3250. The highest BCUT2D eigenvalue weighted by Gasteiger charge is 2.18. The average molecular weight is 1170 g/mol. The molecule has 1 aromatic carbocycles. The van der Waals surface area contributed by atoms with Crippen molar-refractivity contribution < 1.29 is 76.4 Å². The molecule has 0 aliphatic carbocycles. The van der Waals surface area contributed by atoms with E-state index in [-0.39, 0.29) is 35.9 Å². The van der Waals surface area contributed by atoms with Crippen molar-refractivity contribution in [1.82, 2.24) is 34.7 Å². The summed E-state index contributed by atoms with van der Waals surface area (Å²) in [5.74, 6) is -0.792. The number of anilines is 1. The highest BCUT2D eigenvalue weighted by Crippen LogP contribution is 2.23. The fourth-order valence-corrected chi connectivity index (χ4v) is 7.76. The van der Waals surface area contributed by atoms with Crippen LogP contribution in [0, 0.1) is 11.3 Å². The molecule has 0 bridgehead atoms. The van der Waals surface area contributed by atoms with E-state index >= 15 is 0 Å². The lowest BCUT2D eigenvalue weighted by Crippen LogP contribution is -2.13. The molecule has 3 aliphatic rings. The van der Waals surface area contributed by atoms with Gasteiger partial charge in [-0.1, -0.05) is 0 Å². The number of benzene rings is 1. The Kier molecular flexibility index (Phi) is 25.4. The van der Waals surface area contributed by atoms with Crippen molar-refractivity contribution in [2.45, 2.75) is 57.4 Å². The normalized spacial score (nSPS) is 13.8. The minimum Gasteiger partial charge on any atom is -0.478 e. The van der Waals surface area contributed by atoms with Gasteiger partial charge >= 0.3 is 17.9 Å². The molecule has 0 saturated carbocycles. The van der Waals surface area contributed by atoms with Gasteiger partial charge in [-0.25, -0.2) is 34.0 Å². The molecule has 6 aromatic heterocycles. The maximum Gasteiger partial charge on any atom is 0.339 e. The Morgan fingerprint density at radius 1 is 0.635 bits per heavy atom. The molecule has 26 nitrogen and oxygen atoms in total. The number of aromatic amines is 1. The van der Waals surface area contributed by atoms with Crippen LogP contribution in [-0.4, -0.2) is 156 Å². The summed E-state index contributed by atoms with van der Waals surface area (Å²) >= 11 is 0. The number of aromatic carboxylic acids is 1. The number of carbonyl (C=O) groups is 4. The molecule has 0 radical (unpaired) electrons. The van der Waals surface area contributed by atoms with E-state index < -0.39 is 17.9 Å². The van der Waals surface area contributed by atoms with E-state index in [2.05, 4.69) is 50.9 Å². The van der Waals surface area contributed by atoms with Gasteiger partial charge in [-0.15, -0.1) is 0 Å². The number of carboxylic acids is 1. The van der Waals surface area contributed by atoms with Crippen molar-refractivity contribution in [3.63, 3.8) is 0 Å². The monoisotopic (exact) mass is 1170 g/mol. The van der Waals surface area contributed by atoms with E-state index in [0.717, 1.165) is 44.1 Å². The van der Waals surface area contributed by atoms with Crippen LogP contribution in [0.1, 0.15) is 85.7 Å². The van der Waals surface area contributed by atoms with Crippen molar-refractivity contribution >= 4 is 29.5 Å². The number of amides is 1. The number of rotatable bonds is 22. The summed E-state index contributed by atoms with van der Waals surface area (Å²) in [5.41, 5.74) is 4.22. The van der Waals surface area contributed by atoms with E-state index in [1.54, 1.807) is 77.7 Å². The molecule has 3 aliphatic heterocycles. The lowest BCUT2D eigenvalue weighted by Gasteiger charge is -2.10. The van der Waals surface area contributed by atoms with Gasteiger partial charge in [0.05, 0.1) is 107 Å². The van der Waals surface area contributed by atoms with Crippen molar-refractivity contribution in [3.05, 3.63) is 166 Å². The number of H-pyrrole nitrogens is 1. The first-order chi connectivity index (χ1) is 41.5. The Morgan fingerprint density at radius 3 is 1.54 bits per heavy atom. The van der Waals surface area contributed by atoms with Crippen LogP contribution in [0.3, 0.4) is 0 Å². The second-order valence-corrected chi connectivity index (χ2v) is 18.1. The minimum atomic E-state index is -0.996. The second kappa shape index (κ2) is 34.2. The van der Waals surface area contributed by atoms with Gasteiger partial charge in [0.1, 0.15) is 11.8 Å². The van der Waals surface area contributed by atoms with Crippen LogP contribution in [0.25, 0.3) is 16.9 Å². The summed E-state index contributed by atoms with van der Waals surface area (Å²) in [7, 11) is 2.62. The maximum atomic E-state index is 12.7. The summed E-state index contributed by atoms with van der Waals surface area (Å²) in [6, 6.07) is 27.0. The van der Waals surface area contributed by atoms with Gasteiger partial charge in [0.25, 0.3) is 5.91 Å². The molecule has 0 spiro atoms. The number of nitriles is 1. The molecule has 9 heterocycles. The maximum absolute atomic E-state index is 12.7. The number of pyridine rings is 5. The predicted octanol–water partition coefficient (Wildman–Crippen LogP) is 6.86. The van der Waals surface area contributed by atoms with E-state index in [1.807, 2.05) is 12.1 Å². The molecule has 3 saturated heterocycles. The van der Waals surface area contributed by atoms with Gasteiger partial charge in [0.15, 0.2) is 18.9 Å². The first kappa shape index (κ1) is 63.1. The number of nitrogens with one attached hydrogen (secondary N) is 2. The van der Waals surface area contributed by atoms with Crippen LogP contribution >= 0.6 is 0 Å². The number of carbonyl (C=O) groups excluding carboxylic acids is 3. The van der Waals surface area contributed by atoms with E-state index in [9.17, 15) is 29.2 Å². The van der Waals surface area contributed by atoms with Gasteiger partial charge in [0, 0.05) is 98.0 Å². The van der Waals surface area contributed by atoms with Gasteiger partial charge in [-0.05, 0) is 79.9 Å². The number of methoxy groups -OCH3 is 2. The van der Waals surface area contributed by atoms with Crippen molar-refractivity contribution in [2.24, 2.45) is 0 Å². The van der Waals surface area contributed by atoms with Gasteiger partial charge in [-0.3, -0.25) is 14.6 Å². The fourth-order valence-electron chi connectivity index (χ4n) is 7.76. The third-order valence-corrected chi connectivity index (χ3v) is 12.1. The van der Waals surface area contributed by atoms with Gasteiger partial charge in [0.2, 0.25) is 23.2 Å². The third-order valence-electron chi connectivity index (χ3n) is 12.1. The molecule has 26 heteroatoms. The Labute approximate surface area is 487 Å². The van der Waals surface area contributed by atoms with Crippen LogP contribution < -0.4 is 25.1 Å². The van der Waals surface area contributed by atoms with Crippen molar-refractivity contribution in [1.29, 1.82) is 5.26 Å². The standard InChI is InChI=1S/C27H24N6O4.C13H17NO5.C12H15NO5.C7H7NO3/c28-16-23-15-24(19-3-1-11-29-17-19)32-33(23)22-8-6-21(7-9-22)31-27(34)20-5-10-25(30-18-20)35-12-2-4-26-36-13-14-37-26;1-16-13(15)10-4-5-11(14-9-10)17-6-2-3-12-18-7-8-19-12;14-12(15)9-3-4-10(13-8-9)16-5-1-2-11-17-6-7-18-11;1-11-7(10)5-2-3-6(9)8-4-5/h1,3,5-11,15,17-18,26H,2,4,12-14H2,(H,31,34);4-5,9,12H,2-3,6-8H2,1H3;3-4,8,11H,1-2,5-7H2,(H,14,15);2-4H,1H3,(H,8,9). The Balaban J connectivity index is 0.000000181. The number of hydrogen-bond donors (Lipinski definition) is 3. The molecule has 0 unspecified atom stereocenters. The smallest absolute Gasteiger partial charge is 0.339 e. The Hall–Kier alpha value is -9.49. The van der Waals surface area contributed by atoms with Crippen LogP contribution in [0.5, 0.6) is 17.6 Å². The topological polar surface area (TPSA) is 328 Å². The number of esters is 2. The molecule has 10 rings (SSSR count). The summed E-state index contributed by atoms with van der Waals surface area (Å²) < 4.78 is 59.0. The molecule has 3 fully saturated rings. The largest absolute Gasteiger partial charge is 0.478 e. The summed E-state index contributed by atoms with van der Waals surface area (Å²) in [6.45, 7) is 5.46. The fraction of sp³-hybridized carbons (Fsp3) is 0.339. The average Bonchev–Trinajstić information content (AvgIpc) is 4.34. The molecule has 85 heavy (non-hydrogen) atoms. The molecular weight excluding hydrogens is 1110 g/mol. The van der Waals surface area contributed by atoms with Crippen LogP contribution in [-0.2, 0) is 37.9 Å². The zero-order valence-corrected chi connectivity index (χ0v) is 46.6. The SMILES string of the molecule is COC(=O)c1ccc(=O)[nH]c1.COC(=O)c1ccc(OCCCC2OCCO2)nc1.N#Cc1cc(-c2cccnc2)nn1-c1ccc(NC(=O)c2ccc(OCCCC3OCCO3)nc2)cc1.O=C(O)c1ccc(OCCCC2OCCO2)nc1. The molecule has 1 amide bonds. The van der Waals surface area contributed by atoms with Gasteiger partial charge < -0.3 is 67.5 Å². The molecule has 3 N–H and O–H groups in total. The predicted molar refractivity (Wildman–Crippen MR) is 300 cm³/mol. The number of aromatic nitrogens is 7. The molecule has 7 aromatic rings. The van der Waals surface area contributed by atoms with Crippen LogP contribution in [0.2, 0.25) is 0 Å². The molecule has 446 valence electrons. The quantitative estimate of drug-likeness (QED) is 0.0461. The lowest BCUT2D eigenvalue weighted by atomic mass is 10.2. The van der Waals surface area contributed by atoms with E-state index in [1.165, 1.54) is 57.2 Å². The van der Waals surface area contributed by atoms with Crippen LogP contribution in [0.15, 0.2) is 133 Å². The minimum absolute atomic E-state index is 0.0988. The highest BCUT2D eigenvalue weighted by atomic mass is 16.7. The molecule has 0 atom stereocenters. The van der Waals surface area contributed by atoms with E-state index in [0.29, 0.717) is 117 Å². The number of carboxylic acid groups (broad SMARTS) is 1. The Morgan fingerprint density at radius 2 is 1.12 bits per heavy atom. The molecular formula is C59H63N9O17. The van der Waals surface area contributed by atoms with Crippen LogP contribution in [0.4, 0.5) is 5.69 Å². The third kappa shape index (κ3) is 21.0. The first-order valence-electron chi connectivity index (χ1n) is 26.9. The lowest BCUT2D eigenvalue weighted by molar-refractivity contribution is -0.0495. The zero-order chi connectivity index (χ0) is 60.0. The summed E-state index contributed by atoms with van der Waals surface area (Å²) in [4.78, 5) is 74.4. The number of nitrogens with zero attached hydrogens (tertiary/aromatic N) is 7. The van der Waals surface area contributed by atoms with Crippen molar-refractivity contribution in [2.75, 3.05) is 79.0 Å². The zero-order valence-electron chi connectivity index (χ0n) is 46.6. The first-order valence-corrected chi connectivity index (χ1v) is 26.9. The summed E-state index contributed by atoms with van der Waals surface area (Å²) in [6.07, 6.45) is 13.3. The second-order valence-electron chi connectivity index (χ2n) is 18.1. The van der Waals surface area contributed by atoms with E-state index in [4.69, 9.17) is 47.7 Å². The van der Waals surface area contributed by atoms with Gasteiger partial charge in [-0.2, -0.15) is 10.4 Å². The number of ether oxygens (including phenoxy) is 11. The highest BCUT2D eigenvalue weighted by molar-refractivity contribution is 6.04. The summed E-state index contributed by atoms with van der Waals surface area (Å²) in [5, 5.41) is 25.7. The van der Waals surface area contributed by atoms with Crippen molar-refractivity contribution in [3.8, 4) is 40.7 Å². The number of hydrogen-bond acceptors (Lipinski definition) is 22.